The van der Waals surface area contributed by atoms with Gasteiger partial charge >= 0.3 is 0 Å². The van der Waals surface area contributed by atoms with Gasteiger partial charge in [-0.25, -0.2) is 0 Å². The van der Waals surface area contributed by atoms with Crippen molar-refractivity contribution in [2.24, 2.45) is 0 Å². The molecular formula is C8H18N. The van der Waals surface area contributed by atoms with Crippen molar-refractivity contribution in [3.8, 4) is 0 Å². The molecule has 0 N–H and O–H groups in total. The molecule has 1 nitrogen and oxygen atoms in total. The molecule has 0 aliphatic heterocycles. The van der Waals surface area contributed by atoms with Crippen molar-refractivity contribution in [2.45, 2.75) is 39.8 Å². The van der Waals surface area contributed by atoms with E-state index in [0.717, 1.165) is 6.54 Å². The van der Waals surface area contributed by atoms with Crippen LogP contribution in [0.25, 0.3) is 0 Å². The highest BCUT2D eigenvalue weighted by Crippen LogP contribution is 2.02. The van der Waals surface area contributed by atoms with Crippen LogP contribution in [0, 0.1) is 6.92 Å². The Hall–Kier alpha value is -0.0400. The first-order chi connectivity index (χ1) is 4.09. The number of hydrogen-bond acceptors (Lipinski definition) is 1. The molecule has 0 atom stereocenters. The summed E-state index contributed by atoms with van der Waals surface area (Å²) < 4.78 is 0. The van der Waals surface area contributed by atoms with E-state index < -0.39 is 0 Å². The summed E-state index contributed by atoms with van der Waals surface area (Å²) in [5, 5.41) is 0. The van der Waals surface area contributed by atoms with E-state index in [1.165, 1.54) is 0 Å². The molecule has 0 aliphatic rings. The summed E-state index contributed by atoms with van der Waals surface area (Å²) in [5.74, 6) is 0. The highest BCUT2D eigenvalue weighted by molar-refractivity contribution is 4.67. The lowest BCUT2D eigenvalue weighted by Crippen LogP contribution is -2.36. The third kappa shape index (κ3) is 2.85. The van der Waals surface area contributed by atoms with E-state index in [2.05, 4.69) is 39.5 Å². The maximum atomic E-state index is 3.85. The van der Waals surface area contributed by atoms with Crippen molar-refractivity contribution < 1.29 is 0 Å². The smallest absolute Gasteiger partial charge is 0.00412 e. The van der Waals surface area contributed by atoms with E-state index in [4.69, 9.17) is 0 Å². The predicted molar refractivity (Wildman–Crippen MR) is 42.3 cm³/mol. The van der Waals surface area contributed by atoms with Gasteiger partial charge in [-0.2, -0.15) is 0 Å². The van der Waals surface area contributed by atoms with Crippen molar-refractivity contribution in [1.29, 1.82) is 0 Å². The highest BCUT2D eigenvalue weighted by Gasteiger charge is 2.09. The van der Waals surface area contributed by atoms with Crippen LogP contribution in [-0.4, -0.2) is 23.5 Å². The van der Waals surface area contributed by atoms with Crippen LogP contribution in [0.3, 0.4) is 0 Å². The van der Waals surface area contributed by atoms with Gasteiger partial charge in [0.25, 0.3) is 0 Å². The van der Waals surface area contributed by atoms with Crippen molar-refractivity contribution in [1.82, 2.24) is 4.90 Å². The summed E-state index contributed by atoms with van der Waals surface area (Å²) in [7, 11) is 0. The SMILES string of the molecule is [CH2]CN(C(C)C)C(C)C. The molecule has 0 rings (SSSR count). The quantitative estimate of drug-likeness (QED) is 0.561. The lowest BCUT2D eigenvalue weighted by Gasteiger charge is -2.28. The van der Waals surface area contributed by atoms with Crippen molar-refractivity contribution in [3.05, 3.63) is 6.92 Å². The van der Waals surface area contributed by atoms with Crippen LogP contribution in [0.2, 0.25) is 0 Å². The minimum absolute atomic E-state index is 0.627. The zero-order chi connectivity index (χ0) is 7.44. The average Bonchev–Trinajstić information content (AvgIpc) is 1.64. The molecule has 0 saturated heterocycles. The fraction of sp³-hybridized carbons (Fsp3) is 0.875. The largest absolute Gasteiger partial charge is 0.299 e. The Labute approximate surface area is 59.1 Å². The fourth-order valence-corrected chi connectivity index (χ4v) is 1.11. The lowest BCUT2D eigenvalue weighted by atomic mass is 10.2. The fourth-order valence-electron chi connectivity index (χ4n) is 1.11. The molecule has 0 aromatic carbocycles. The number of rotatable bonds is 3. The van der Waals surface area contributed by atoms with Crippen LogP contribution < -0.4 is 0 Å². The Kier molecular flexibility index (Phi) is 3.87. The van der Waals surface area contributed by atoms with Gasteiger partial charge < -0.3 is 0 Å². The van der Waals surface area contributed by atoms with Crippen molar-refractivity contribution >= 4 is 0 Å². The van der Waals surface area contributed by atoms with Gasteiger partial charge in [-0.05, 0) is 41.2 Å². The van der Waals surface area contributed by atoms with Gasteiger partial charge in [0.2, 0.25) is 0 Å². The molecule has 0 aromatic heterocycles. The van der Waals surface area contributed by atoms with Crippen LogP contribution in [0.1, 0.15) is 27.7 Å². The molecule has 55 valence electrons. The van der Waals surface area contributed by atoms with E-state index >= 15 is 0 Å². The first kappa shape index (κ1) is 8.96. The minimum atomic E-state index is 0.627. The third-order valence-corrected chi connectivity index (χ3v) is 1.58. The average molecular weight is 128 g/mol. The maximum Gasteiger partial charge on any atom is 0.00412 e. The zero-order valence-corrected chi connectivity index (χ0v) is 7.02. The molecule has 0 aromatic rings. The molecule has 1 heteroatoms. The van der Waals surface area contributed by atoms with Crippen LogP contribution in [0.15, 0.2) is 0 Å². The molecule has 0 aliphatic carbocycles. The Balaban J connectivity index is 3.68. The summed E-state index contributed by atoms with van der Waals surface area (Å²) in [6.07, 6.45) is 0. The molecule has 0 bridgehead atoms. The lowest BCUT2D eigenvalue weighted by molar-refractivity contribution is 0.195. The molecule has 0 heterocycles. The van der Waals surface area contributed by atoms with Crippen LogP contribution in [0.4, 0.5) is 0 Å². The maximum absolute atomic E-state index is 3.85. The normalized spacial score (nSPS) is 12.0. The van der Waals surface area contributed by atoms with Crippen molar-refractivity contribution in [2.75, 3.05) is 6.54 Å². The Bertz CT molecular complexity index is 59.0. The van der Waals surface area contributed by atoms with Gasteiger partial charge in [0.1, 0.15) is 0 Å². The predicted octanol–water partition coefficient (Wildman–Crippen LogP) is 1.94. The number of hydrogen-bond donors (Lipinski definition) is 0. The first-order valence-electron chi connectivity index (χ1n) is 3.64. The first-order valence-corrected chi connectivity index (χ1v) is 3.64. The topological polar surface area (TPSA) is 3.24 Å². The monoisotopic (exact) mass is 128 g/mol. The Morgan fingerprint density at radius 2 is 1.44 bits per heavy atom. The third-order valence-electron chi connectivity index (χ3n) is 1.58. The highest BCUT2D eigenvalue weighted by atomic mass is 15.2. The molecule has 9 heavy (non-hydrogen) atoms. The summed E-state index contributed by atoms with van der Waals surface area (Å²) >= 11 is 0. The molecule has 0 fully saturated rings. The summed E-state index contributed by atoms with van der Waals surface area (Å²) in [6, 6.07) is 1.25. The van der Waals surface area contributed by atoms with E-state index in [0.29, 0.717) is 12.1 Å². The molecule has 0 unspecified atom stereocenters. The Morgan fingerprint density at radius 1 is 1.11 bits per heavy atom. The van der Waals surface area contributed by atoms with E-state index in [-0.39, 0.29) is 0 Å². The van der Waals surface area contributed by atoms with Gasteiger partial charge in [-0.15, -0.1) is 0 Å². The summed E-state index contributed by atoms with van der Waals surface area (Å²) in [4.78, 5) is 2.35. The molecule has 1 radical (unpaired) electrons. The van der Waals surface area contributed by atoms with Crippen LogP contribution >= 0.6 is 0 Å². The second-order valence-electron chi connectivity index (χ2n) is 2.93. The summed E-state index contributed by atoms with van der Waals surface area (Å²) in [5.41, 5.74) is 0. The standard InChI is InChI=1S/C8H18N/c1-6-9(7(2)3)8(4)5/h7-8H,1,6H2,2-5H3. The van der Waals surface area contributed by atoms with Gasteiger partial charge in [-0.1, -0.05) is 0 Å². The second kappa shape index (κ2) is 3.89. The zero-order valence-electron chi connectivity index (χ0n) is 7.02. The van der Waals surface area contributed by atoms with Crippen LogP contribution in [-0.2, 0) is 0 Å². The number of nitrogens with zero attached hydrogens (tertiary/aromatic N) is 1. The van der Waals surface area contributed by atoms with E-state index in [1.807, 2.05) is 0 Å². The second-order valence-corrected chi connectivity index (χ2v) is 2.93. The Morgan fingerprint density at radius 3 is 1.44 bits per heavy atom. The van der Waals surface area contributed by atoms with Gasteiger partial charge in [0, 0.05) is 12.1 Å². The van der Waals surface area contributed by atoms with Gasteiger partial charge in [0.15, 0.2) is 0 Å². The van der Waals surface area contributed by atoms with Crippen LogP contribution in [0.5, 0.6) is 0 Å². The summed E-state index contributed by atoms with van der Waals surface area (Å²) in [6.45, 7) is 13.6. The molecule has 0 amide bonds. The minimum Gasteiger partial charge on any atom is -0.299 e. The molecular weight excluding hydrogens is 110 g/mol. The molecule has 0 saturated carbocycles. The van der Waals surface area contributed by atoms with E-state index in [9.17, 15) is 0 Å². The van der Waals surface area contributed by atoms with E-state index in [1.54, 1.807) is 0 Å². The molecule has 0 spiro atoms. The van der Waals surface area contributed by atoms with Crippen molar-refractivity contribution in [3.63, 3.8) is 0 Å². The van der Waals surface area contributed by atoms with Gasteiger partial charge in [0.05, 0.1) is 0 Å². The van der Waals surface area contributed by atoms with Gasteiger partial charge in [-0.3, -0.25) is 4.90 Å².